The second-order valence-corrected chi connectivity index (χ2v) is 9.99. The SMILES string of the molecule is C[C@H](C(=O)NCC1(c2ccccc2)CCOCC1)N(c1cccc(Cl)c1)S(C)(=O)=O. The maximum Gasteiger partial charge on any atom is 0.243 e. The molecule has 3 rings (SSSR count). The number of ether oxygens (including phenoxy) is 1. The lowest BCUT2D eigenvalue weighted by molar-refractivity contribution is -0.122. The molecule has 0 aromatic heterocycles. The molecule has 0 saturated carbocycles. The molecule has 162 valence electrons. The third-order valence-corrected chi connectivity index (χ3v) is 7.07. The van der Waals surface area contributed by atoms with E-state index < -0.39 is 16.1 Å². The number of rotatable bonds is 7. The molecule has 1 fully saturated rings. The number of carbonyl (C=O) groups excluding carboxylic acids is 1. The number of hydrogen-bond donors (Lipinski definition) is 1. The minimum absolute atomic E-state index is 0.235. The van der Waals surface area contributed by atoms with E-state index in [1.165, 1.54) is 6.07 Å². The van der Waals surface area contributed by atoms with Crippen LogP contribution in [0.2, 0.25) is 5.02 Å². The molecule has 1 amide bonds. The predicted molar refractivity (Wildman–Crippen MR) is 119 cm³/mol. The summed E-state index contributed by atoms with van der Waals surface area (Å²) in [6.07, 6.45) is 2.66. The van der Waals surface area contributed by atoms with Gasteiger partial charge in [0, 0.05) is 30.2 Å². The van der Waals surface area contributed by atoms with Crippen LogP contribution < -0.4 is 9.62 Å². The second-order valence-electron chi connectivity index (χ2n) is 7.69. The molecule has 0 radical (unpaired) electrons. The number of nitrogens with one attached hydrogen (secondary N) is 1. The Hall–Kier alpha value is -2.09. The van der Waals surface area contributed by atoms with Crippen LogP contribution in [0, 0.1) is 0 Å². The van der Waals surface area contributed by atoms with Gasteiger partial charge in [0.05, 0.1) is 11.9 Å². The van der Waals surface area contributed by atoms with Crippen molar-refractivity contribution in [3.8, 4) is 0 Å². The van der Waals surface area contributed by atoms with Crippen LogP contribution >= 0.6 is 11.6 Å². The predicted octanol–water partition coefficient (Wildman–Crippen LogP) is 3.36. The van der Waals surface area contributed by atoms with Crippen LogP contribution in [0.5, 0.6) is 0 Å². The van der Waals surface area contributed by atoms with E-state index in [9.17, 15) is 13.2 Å². The Balaban J connectivity index is 1.81. The first-order valence-corrected chi connectivity index (χ1v) is 12.1. The smallest absolute Gasteiger partial charge is 0.243 e. The third kappa shape index (κ3) is 5.14. The van der Waals surface area contributed by atoms with E-state index >= 15 is 0 Å². The Bertz CT molecular complexity index is 976. The highest BCUT2D eigenvalue weighted by atomic mass is 35.5. The van der Waals surface area contributed by atoms with Gasteiger partial charge in [0.15, 0.2) is 0 Å². The zero-order valence-electron chi connectivity index (χ0n) is 17.2. The summed E-state index contributed by atoms with van der Waals surface area (Å²) in [7, 11) is -3.70. The topological polar surface area (TPSA) is 75.7 Å². The average Bonchev–Trinajstić information content (AvgIpc) is 2.72. The lowest BCUT2D eigenvalue weighted by Gasteiger charge is -2.38. The highest BCUT2D eigenvalue weighted by molar-refractivity contribution is 7.92. The number of hydrogen-bond acceptors (Lipinski definition) is 4. The van der Waals surface area contributed by atoms with Gasteiger partial charge < -0.3 is 10.1 Å². The summed E-state index contributed by atoms with van der Waals surface area (Å²) in [6, 6.07) is 15.6. The highest BCUT2D eigenvalue weighted by Crippen LogP contribution is 2.34. The van der Waals surface area contributed by atoms with Crippen molar-refractivity contribution in [2.45, 2.75) is 31.2 Å². The number of nitrogens with zero attached hydrogens (tertiary/aromatic N) is 1. The molecule has 6 nitrogen and oxygen atoms in total. The van der Waals surface area contributed by atoms with Crippen molar-refractivity contribution in [1.82, 2.24) is 5.32 Å². The van der Waals surface area contributed by atoms with Crippen molar-refractivity contribution in [1.29, 1.82) is 0 Å². The van der Waals surface area contributed by atoms with Gasteiger partial charge >= 0.3 is 0 Å². The van der Waals surface area contributed by atoms with Crippen LogP contribution in [0.4, 0.5) is 5.69 Å². The van der Waals surface area contributed by atoms with Gasteiger partial charge in [-0.1, -0.05) is 48.0 Å². The van der Waals surface area contributed by atoms with Crippen molar-refractivity contribution in [2.75, 3.05) is 30.3 Å². The molecule has 8 heteroatoms. The summed E-state index contributed by atoms with van der Waals surface area (Å²) in [6.45, 7) is 3.24. The fourth-order valence-corrected chi connectivity index (χ4v) is 5.30. The monoisotopic (exact) mass is 450 g/mol. The van der Waals surface area contributed by atoms with Crippen molar-refractivity contribution in [2.24, 2.45) is 0 Å². The van der Waals surface area contributed by atoms with Gasteiger partial charge in [-0.15, -0.1) is 0 Å². The fourth-order valence-electron chi connectivity index (χ4n) is 3.95. The second kappa shape index (κ2) is 9.37. The number of carbonyl (C=O) groups is 1. The van der Waals surface area contributed by atoms with Gasteiger partial charge in [-0.25, -0.2) is 8.42 Å². The Morgan fingerprint density at radius 2 is 1.83 bits per heavy atom. The fraction of sp³-hybridized carbons (Fsp3) is 0.409. The third-order valence-electron chi connectivity index (χ3n) is 5.59. The van der Waals surface area contributed by atoms with Gasteiger partial charge in [-0.2, -0.15) is 0 Å². The molecule has 30 heavy (non-hydrogen) atoms. The van der Waals surface area contributed by atoms with Gasteiger partial charge in [0.25, 0.3) is 0 Å². The Labute approximate surface area is 183 Å². The lowest BCUT2D eigenvalue weighted by atomic mass is 9.74. The van der Waals surface area contributed by atoms with E-state index in [4.69, 9.17) is 16.3 Å². The molecule has 2 aromatic rings. The molecule has 1 aliphatic rings. The van der Waals surface area contributed by atoms with Gasteiger partial charge in [0.2, 0.25) is 15.9 Å². The Morgan fingerprint density at radius 1 is 1.17 bits per heavy atom. The number of amides is 1. The summed E-state index contributed by atoms with van der Waals surface area (Å²) in [4.78, 5) is 13.0. The van der Waals surface area contributed by atoms with E-state index in [0.717, 1.165) is 29.0 Å². The van der Waals surface area contributed by atoms with Crippen molar-refractivity contribution >= 4 is 33.2 Å². The Kier molecular flexibility index (Phi) is 7.06. The maximum absolute atomic E-state index is 13.0. The van der Waals surface area contributed by atoms with E-state index in [1.54, 1.807) is 25.1 Å². The molecule has 0 bridgehead atoms. The molecule has 2 aromatic carbocycles. The van der Waals surface area contributed by atoms with E-state index in [-0.39, 0.29) is 11.3 Å². The molecule has 1 saturated heterocycles. The first-order valence-electron chi connectivity index (χ1n) is 9.89. The molecule has 0 spiro atoms. The van der Waals surface area contributed by atoms with Crippen LogP contribution in [0.1, 0.15) is 25.3 Å². The van der Waals surface area contributed by atoms with Crippen molar-refractivity contribution in [3.05, 3.63) is 65.2 Å². The van der Waals surface area contributed by atoms with Crippen LogP contribution in [-0.2, 0) is 25.0 Å². The summed E-state index contributed by atoms with van der Waals surface area (Å²) in [5.41, 5.74) is 1.27. The highest BCUT2D eigenvalue weighted by Gasteiger charge is 2.36. The van der Waals surface area contributed by atoms with E-state index in [0.29, 0.717) is 30.5 Å². The van der Waals surface area contributed by atoms with Crippen LogP contribution in [-0.4, -0.2) is 46.4 Å². The normalized spacial score (nSPS) is 17.2. The summed E-state index contributed by atoms with van der Waals surface area (Å²) < 4.78 is 31.6. The lowest BCUT2D eigenvalue weighted by Crippen LogP contribution is -2.51. The minimum atomic E-state index is -3.70. The molecule has 0 aliphatic carbocycles. The quantitative estimate of drug-likeness (QED) is 0.701. The number of sulfonamides is 1. The molecule has 1 N–H and O–H groups in total. The van der Waals surface area contributed by atoms with Crippen molar-refractivity contribution < 1.29 is 17.9 Å². The Morgan fingerprint density at radius 3 is 2.43 bits per heavy atom. The maximum atomic E-state index is 13.0. The zero-order valence-corrected chi connectivity index (χ0v) is 18.7. The summed E-state index contributed by atoms with van der Waals surface area (Å²) >= 11 is 6.04. The first-order chi connectivity index (χ1) is 14.2. The molecular formula is C22H27ClN2O4S. The summed E-state index contributed by atoms with van der Waals surface area (Å²) in [5, 5.41) is 3.40. The number of anilines is 1. The standard InChI is InChI=1S/C22H27ClN2O4S/c1-17(25(30(2,27)28)20-10-6-9-19(23)15-20)21(26)24-16-22(11-13-29-14-12-22)18-7-4-3-5-8-18/h3-10,15,17H,11-14,16H2,1-2H3,(H,24,26)/t17-/m1/s1. The largest absolute Gasteiger partial charge is 0.381 e. The van der Waals surface area contributed by atoms with Gasteiger partial charge in [-0.3, -0.25) is 9.10 Å². The van der Waals surface area contributed by atoms with E-state index in [1.807, 2.05) is 18.2 Å². The summed E-state index contributed by atoms with van der Waals surface area (Å²) in [5.74, 6) is -0.359. The average molecular weight is 451 g/mol. The van der Waals surface area contributed by atoms with Crippen LogP contribution in [0.3, 0.4) is 0 Å². The molecule has 0 unspecified atom stereocenters. The molecular weight excluding hydrogens is 424 g/mol. The van der Waals surface area contributed by atoms with Gasteiger partial charge in [0.1, 0.15) is 6.04 Å². The molecule has 1 heterocycles. The molecule has 1 aliphatic heterocycles. The zero-order chi connectivity index (χ0) is 21.8. The first kappa shape index (κ1) is 22.6. The van der Waals surface area contributed by atoms with E-state index in [2.05, 4.69) is 17.4 Å². The number of halogens is 1. The van der Waals surface area contributed by atoms with Crippen LogP contribution in [0.15, 0.2) is 54.6 Å². The number of benzene rings is 2. The van der Waals surface area contributed by atoms with Gasteiger partial charge in [-0.05, 0) is 43.5 Å². The van der Waals surface area contributed by atoms with Crippen LogP contribution in [0.25, 0.3) is 0 Å². The minimum Gasteiger partial charge on any atom is -0.381 e. The van der Waals surface area contributed by atoms with Crippen molar-refractivity contribution in [3.63, 3.8) is 0 Å². The molecule has 1 atom stereocenters.